The average Bonchev–Trinajstić information content (AvgIpc) is 3.41. The Morgan fingerprint density at radius 3 is 2.42 bits per heavy atom. The molecule has 0 radical (unpaired) electrons. The van der Waals surface area contributed by atoms with Gasteiger partial charge in [-0.15, -0.1) is 0 Å². The molecular formula is C22H32F3N7O3S. The summed E-state index contributed by atoms with van der Waals surface area (Å²) in [5.74, 6) is 0.0342. The largest absolute Gasteiger partial charge is 0.419 e. The number of anilines is 1. The molecule has 14 heteroatoms. The fourth-order valence-corrected chi connectivity index (χ4v) is 6.62. The van der Waals surface area contributed by atoms with Gasteiger partial charge in [0.15, 0.2) is 0 Å². The van der Waals surface area contributed by atoms with E-state index in [4.69, 9.17) is 0 Å². The summed E-state index contributed by atoms with van der Waals surface area (Å²) in [5, 5.41) is 16.7. The summed E-state index contributed by atoms with van der Waals surface area (Å²) < 4.78 is 69.8. The highest BCUT2D eigenvalue weighted by Gasteiger charge is 2.38. The number of sulfonamides is 1. The second kappa shape index (κ2) is 9.88. The van der Waals surface area contributed by atoms with Gasteiger partial charge < -0.3 is 15.3 Å². The lowest BCUT2D eigenvalue weighted by molar-refractivity contribution is -0.137. The van der Waals surface area contributed by atoms with E-state index in [1.54, 1.807) is 13.8 Å². The maximum atomic E-state index is 13.7. The van der Waals surface area contributed by atoms with Crippen LogP contribution < -0.4 is 5.32 Å². The molecule has 4 rings (SSSR count). The van der Waals surface area contributed by atoms with Gasteiger partial charge in [0.1, 0.15) is 5.56 Å². The standard InChI is InChI=1S/C22H32F3N7O3S/c1-21(2,33)14-31-12-15(10-27-31)19-18(22(23,24)25)11-26-20(29-19)28-16-4-8-32(9-5-16)36(34,35)17-6-7-30(3)13-17/h10-12,16-17,33H,4-9,13-14H2,1-3H3,(H,26,28,29). The van der Waals surface area contributed by atoms with Crippen molar-refractivity contribution in [1.29, 1.82) is 0 Å². The van der Waals surface area contributed by atoms with Gasteiger partial charge in [0.25, 0.3) is 0 Å². The zero-order chi connectivity index (χ0) is 26.3. The molecule has 2 aromatic rings. The molecule has 2 aromatic heterocycles. The number of alkyl halides is 3. The minimum absolute atomic E-state index is 0.0342. The third-order valence-corrected chi connectivity index (χ3v) is 8.78. The van der Waals surface area contributed by atoms with Crippen LogP contribution in [0.4, 0.5) is 19.1 Å². The van der Waals surface area contributed by atoms with Gasteiger partial charge in [-0.25, -0.2) is 22.7 Å². The molecule has 2 fully saturated rings. The van der Waals surface area contributed by atoms with Crippen LogP contribution in [0.3, 0.4) is 0 Å². The van der Waals surface area contributed by atoms with Crippen LogP contribution in [0, 0.1) is 0 Å². The van der Waals surface area contributed by atoms with Crippen LogP contribution in [0.1, 0.15) is 38.7 Å². The van der Waals surface area contributed by atoms with Gasteiger partial charge in [-0.2, -0.15) is 18.3 Å². The molecule has 0 bridgehead atoms. The lowest BCUT2D eigenvalue weighted by Gasteiger charge is -2.33. The van der Waals surface area contributed by atoms with E-state index in [0.717, 1.165) is 12.7 Å². The lowest BCUT2D eigenvalue weighted by atomic mass is 10.1. The van der Waals surface area contributed by atoms with Crippen LogP contribution in [-0.2, 0) is 22.7 Å². The van der Waals surface area contributed by atoms with Gasteiger partial charge in [-0.05, 0) is 46.7 Å². The van der Waals surface area contributed by atoms with Gasteiger partial charge in [-0.1, -0.05) is 0 Å². The number of hydrogen-bond donors (Lipinski definition) is 2. The van der Waals surface area contributed by atoms with E-state index < -0.39 is 32.6 Å². The van der Waals surface area contributed by atoms with Crippen LogP contribution in [0.15, 0.2) is 18.6 Å². The number of likely N-dealkylation sites (tertiary alicyclic amines) is 1. The van der Waals surface area contributed by atoms with E-state index in [-0.39, 0.29) is 29.8 Å². The Labute approximate surface area is 208 Å². The molecule has 2 saturated heterocycles. The van der Waals surface area contributed by atoms with E-state index in [1.165, 1.54) is 21.4 Å². The fraction of sp³-hybridized carbons (Fsp3) is 0.682. The van der Waals surface area contributed by atoms with E-state index >= 15 is 0 Å². The summed E-state index contributed by atoms with van der Waals surface area (Å²) in [6, 6.07) is -0.176. The molecule has 0 spiro atoms. The predicted molar refractivity (Wildman–Crippen MR) is 128 cm³/mol. The van der Waals surface area contributed by atoms with Crippen LogP contribution in [0.2, 0.25) is 0 Å². The average molecular weight is 532 g/mol. The van der Waals surface area contributed by atoms with E-state index in [0.29, 0.717) is 38.9 Å². The Morgan fingerprint density at radius 2 is 1.83 bits per heavy atom. The lowest BCUT2D eigenvalue weighted by Crippen LogP contribution is -2.46. The highest BCUT2D eigenvalue weighted by molar-refractivity contribution is 7.89. The van der Waals surface area contributed by atoms with Crippen LogP contribution >= 0.6 is 0 Å². The molecule has 2 N–H and O–H groups in total. The quantitative estimate of drug-likeness (QED) is 0.558. The van der Waals surface area contributed by atoms with Crippen molar-refractivity contribution in [1.82, 2.24) is 29.0 Å². The van der Waals surface area contributed by atoms with Crippen LogP contribution in [0.5, 0.6) is 0 Å². The van der Waals surface area contributed by atoms with Crippen molar-refractivity contribution in [2.45, 2.75) is 62.7 Å². The van der Waals surface area contributed by atoms with Crippen LogP contribution in [-0.4, -0.2) is 92.6 Å². The first kappa shape index (κ1) is 26.8. The molecule has 0 saturated carbocycles. The van der Waals surface area contributed by atoms with Crippen molar-refractivity contribution in [3.8, 4) is 11.3 Å². The predicted octanol–water partition coefficient (Wildman–Crippen LogP) is 2.04. The molecule has 36 heavy (non-hydrogen) atoms. The topological polar surface area (TPSA) is 116 Å². The van der Waals surface area contributed by atoms with Crippen molar-refractivity contribution in [3.63, 3.8) is 0 Å². The second-order valence-corrected chi connectivity index (χ2v) is 12.4. The molecule has 10 nitrogen and oxygen atoms in total. The Balaban J connectivity index is 1.47. The molecule has 200 valence electrons. The monoisotopic (exact) mass is 531 g/mol. The number of aliphatic hydroxyl groups is 1. The molecule has 2 aliphatic heterocycles. The zero-order valence-electron chi connectivity index (χ0n) is 20.5. The number of nitrogens with one attached hydrogen (secondary N) is 1. The maximum absolute atomic E-state index is 13.7. The SMILES string of the molecule is CN1CCC(S(=O)(=O)N2CCC(Nc3ncc(C(F)(F)F)c(-c4cnn(CC(C)(C)O)c4)n3)CC2)C1. The third kappa shape index (κ3) is 6.15. The van der Waals surface area contributed by atoms with Gasteiger partial charge in [-0.3, -0.25) is 4.68 Å². The zero-order valence-corrected chi connectivity index (χ0v) is 21.3. The highest BCUT2D eigenvalue weighted by atomic mass is 32.2. The van der Waals surface area contributed by atoms with Crippen molar-refractivity contribution < 1.29 is 26.7 Å². The molecule has 2 aliphatic rings. The summed E-state index contributed by atoms with van der Waals surface area (Å²) in [6.45, 7) is 5.19. The molecule has 1 unspecified atom stereocenters. The highest BCUT2D eigenvalue weighted by Crippen LogP contribution is 2.36. The number of rotatable bonds is 7. The van der Waals surface area contributed by atoms with Gasteiger partial charge in [0.05, 0.1) is 29.3 Å². The summed E-state index contributed by atoms with van der Waals surface area (Å²) in [7, 11) is -1.48. The molecular weight excluding hydrogens is 499 g/mol. The first-order chi connectivity index (χ1) is 16.7. The molecule has 0 aromatic carbocycles. The molecule has 0 aliphatic carbocycles. The van der Waals surface area contributed by atoms with Gasteiger partial charge in [0, 0.05) is 43.6 Å². The number of hydrogen-bond acceptors (Lipinski definition) is 8. The Morgan fingerprint density at radius 1 is 1.14 bits per heavy atom. The summed E-state index contributed by atoms with van der Waals surface area (Å²) in [5.41, 5.74) is -2.24. The Bertz CT molecular complexity index is 1170. The normalized spacial score (nSPS) is 21.2. The molecule has 1 atom stereocenters. The van der Waals surface area contributed by atoms with Gasteiger partial charge in [0.2, 0.25) is 16.0 Å². The maximum Gasteiger partial charge on any atom is 0.419 e. The summed E-state index contributed by atoms with van der Waals surface area (Å²) in [6.07, 6.45) is 0.357. The number of piperidine rings is 1. The van der Waals surface area contributed by atoms with E-state index in [1.807, 2.05) is 11.9 Å². The van der Waals surface area contributed by atoms with Crippen molar-refractivity contribution in [2.75, 3.05) is 38.5 Å². The van der Waals surface area contributed by atoms with Crippen molar-refractivity contribution in [3.05, 3.63) is 24.2 Å². The summed E-state index contributed by atoms with van der Waals surface area (Å²) in [4.78, 5) is 10.0. The molecule has 0 amide bonds. The van der Waals surface area contributed by atoms with E-state index in [2.05, 4.69) is 20.4 Å². The third-order valence-electron chi connectivity index (χ3n) is 6.47. The Kier molecular flexibility index (Phi) is 7.34. The second-order valence-electron chi connectivity index (χ2n) is 10.2. The fourth-order valence-electron chi connectivity index (χ4n) is 4.63. The van der Waals surface area contributed by atoms with E-state index in [9.17, 15) is 26.7 Å². The smallest absolute Gasteiger partial charge is 0.389 e. The minimum atomic E-state index is -4.67. The molecule has 4 heterocycles. The minimum Gasteiger partial charge on any atom is -0.389 e. The first-order valence-electron chi connectivity index (χ1n) is 11.9. The van der Waals surface area contributed by atoms with Crippen molar-refractivity contribution >= 4 is 16.0 Å². The van der Waals surface area contributed by atoms with Crippen LogP contribution in [0.25, 0.3) is 11.3 Å². The Hall–Kier alpha value is -2.29. The summed E-state index contributed by atoms with van der Waals surface area (Å²) >= 11 is 0. The number of aromatic nitrogens is 4. The number of halogens is 3. The number of nitrogens with zero attached hydrogens (tertiary/aromatic N) is 6. The first-order valence-corrected chi connectivity index (χ1v) is 13.4. The van der Waals surface area contributed by atoms with Gasteiger partial charge >= 0.3 is 6.18 Å². The van der Waals surface area contributed by atoms with Crippen molar-refractivity contribution in [2.24, 2.45) is 0 Å².